The quantitative estimate of drug-likeness (QED) is 0.858. The van der Waals surface area contributed by atoms with E-state index in [4.69, 9.17) is 9.84 Å². The van der Waals surface area contributed by atoms with Crippen LogP contribution in [0.3, 0.4) is 0 Å². The molecule has 1 aliphatic heterocycles. The van der Waals surface area contributed by atoms with E-state index in [9.17, 15) is 8.42 Å². The van der Waals surface area contributed by atoms with Gasteiger partial charge >= 0.3 is 0 Å². The van der Waals surface area contributed by atoms with Crippen LogP contribution in [-0.4, -0.2) is 63.0 Å². The fourth-order valence-corrected chi connectivity index (χ4v) is 3.73. The van der Waals surface area contributed by atoms with E-state index < -0.39 is 15.3 Å². The monoisotopic (exact) mass is 314 g/mol. The van der Waals surface area contributed by atoms with E-state index in [1.807, 2.05) is 24.3 Å². The van der Waals surface area contributed by atoms with Crippen molar-refractivity contribution < 1.29 is 18.3 Å². The van der Waals surface area contributed by atoms with Crippen molar-refractivity contribution in [2.75, 3.05) is 44.8 Å². The molecular formula is C14H22N2O4S. The van der Waals surface area contributed by atoms with E-state index in [0.717, 1.165) is 11.4 Å². The van der Waals surface area contributed by atoms with Gasteiger partial charge in [-0.25, -0.2) is 8.42 Å². The molecule has 0 aliphatic carbocycles. The first kappa shape index (κ1) is 16.1. The summed E-state index contributed by atoms with van der Waals surface area (Å²) in [5, 5.41) is 8.31. The van der Waals surface area contributed by atoms with Crippen LogP contribution in [-0.2, 0) is 10.0 Å². The van der Waals surface area contributed by atoms with Crippen LogP contribution in [0.4, 0.5) is 5.69 Å². The highest BCUT2D eigenvalue weighted by Gasteiger charge is 2.31. The Morgan fingerprint density at radius 2 is 1.95 bits per heavy atom. The summed E-state index contributed by atoms with van der Waals surface area (Å²) in [5.41, 5.74) is 1.03. The van der Waals surface area contributed by atoms with Crippen molar-refractivity contribution in [3.8, 4) is 5.75 Å². The Hall–Kier alpha value is -1.31. The predicted octanol–water partition coefficient (Wildman–Crippen LogP) is 0.528. The normalized spacial score (nSPS) is 18.5. The number of methoxy groups -OCH3 is 1. The molecule has 0 bridgehead atoms. The number of benzene rings is 1. The SMILES string of the molecule is COc1cccc(N2CCN(S(=O)(=O)C(C)CO)CC2)c1. The third-order valence-corrected chi connectivity index (χ3v) is 6.03. The van der Waals surface area contributed by atoms with Crippen LogP contribution in [0.1, 0.15) is 6.92 Å². The van der Waals surface area contributed by atoms with Gasteiger partial charge in [-0.1, -0.05) is 6.07 Å². The lowest BCUT2D eigenvalue weighted by Gasteiger charge is -2.36. The van der Waals surface area contributed by atoms with Crippen LogP contribution < -0.4 is 9.64 Å². The van der Waals surface area contributed by atoms with Gasteiger partial charge in [-0.15, -0.1) is 0 Å². The lowest BCUT2D eigenvalue weighted by Crippen LogP contribution is -2.51. The van der Waals surface area contributed by atoms with E-state index in [-0.39, 0.29) is 6.61 Å². The van der Waals surface area contributed by atoms with Crippen molar-refractivity contribution >= 4 is 15.7 Å². The maximum absolute atomic E-state index is 12.2. The van der Waals surface area contributed by atoms with Gasteiger partial charge in [0.25, 0.3) is 0 Å². The molecule has 0 saturated carbocycles. The summed E-state index contributed by atoms with van der Waals surface area (Å²) >= 11 is 0. The van der Waals surface area contributed by atoms with Crippen molar-refractivity contribution in [1.82, 2.24) is 4.31 Å². The number of aliphatic hydroxyl groups is 1. The van der Waals surface area contributed by atoms with Crippen molar-refractivity contribution in [2.24, 2.45) is 0 Å². The van der Waals surface area contributed by atoms with Gasteiger partial charge in [-0.2, -0.15) is 4.31 Å². The summed E-state index contributed by atoms with van der Waals surface area (Å²) in [6, 6.07) is 7.74. The molecule has 7 heteroatoms. The minimum Gasteiger partial charge on any atom is -0.497 e. The average molecular weight is 314 g/mol. The Morgan fingerprint density at radius 1 is 1.29 bits per heavy atom. The summed E-state index contributed by atoms with van der Waals surface area (Å²) < 4.78 is 31.0. The van der Waals surface area contributed by atoms with Gasteiger partial charge in [0.15, 0.2) is 0 Å². The van der Waals surface area contributed by atoms with Crippen LogP contribution in [0.2, 0.25) is 0 Å². The lowest BCUT2D eigenvalue weighted by atomic mass is 10.2. The molecule has 0 spiro atoms. The van der Waals surface area contributed by atoms with E-state index in [2.05, 4.69) is 4.90 Å². The smallest absolute Gasteiger partial charge is 0.219 e. The third-order valence-electron chi connectivity index (χ3n) is 3.78. The maximum atomic E-state index is 12.2. The van der Waals surface area contributed by atoms with Crippen molar-refractivity contribution in [3.63, 3.8) is 0 Å². The molecule has 1 aliphatic rings. The van der Waals surface area contributed by atoms with Gasteiger partial charge in [0, 0.05) is 37.9 Å². The standard InChI is InChI=1S/C14H22N2O4S/c1-12(11-17)21(18,19)16-8-6-15(7-9-16)13-4-3-5-14(10-13)20-2/h3-5,10,12,17H,6-9,11H2,1-2H3. The molecule has 0 radical (unpaired) electrons. The average Bonchev–Trinajstić information content (AvgIpc) is 2.54. The number of sulfonamides is 1. The second kappa shape index (κ2) is 6.64. The molecule has 1 heterocycles. The number of piperazine rings is 1. The number of hydrogen-bond donors (Lipinski definition) is 1. The number of anilines is 1. The zero-order valence-corrected chi connectivity index (χ0v) is 13.2. The van der Waals surface area contributed by atoms with E-state index in [1.54, 1.807) is 7.11 Å². The van der Waals surface area contributed by atoms with Gasteiger partial charge in [0.05, 0.1) is 19.0 Å². The maximum Gasteiger partial charge on any atom is 0.219 e. The molecule has 1 atom stereocenters. The zero-order valence-electron chi connectivity index (χ0n) is 12.4. The molecule has 2 rings (SSSR count). The second-order valence-corrected chi connectivity index (χ2v) is 7.48. The topological polar surface area (TPSA) is 70.1 Å². The van der Waals surface area contributed by atoms with Crippen molar-refractivity contribution in [1.29, 1.82) is 0 Å². The summed E-state index contributed by atoms with van der Waals surface area (Å²) in [5.74, 6) is 0.788. The van der Waals surface area contributed by atoms with Gasteiger partial charge in [0.1, 0.15) is 5.75 Å². The van der Waals surface area contributed by atoms with Gasteiger partial charge in [-0.05, 0) is 19.1 Å². The second-order valence-electron chi connectivity index (χ2n) is 5.13. The third kappa shape index (κ3) is 3.48. The Balaban J connectivity index is 2.03. The van der Waals surface area contributed by atoms with Gasteiger partial charge in [0.2, 0.25) is 10.0 Å². The molecular weight excluding hydrogens is 292 g/mol. The number of aliphatic hydroxyl groups excluding tert-OH is 1. The summed E-state index contributed by atoms with van der Waals surface area (Å²) in [6.45, 7) is 3.31. The molecule has 1 unspecified atom stereocenters. The molecule has 0 amide bonds. The molecule has 1 saturated heterocycles. The van der Waals surface area contributed by atoms with E-state index in [1.165, 1.54) is 11.2 Å². The molecule has 21 heavy (non-hydrogen) atoms. The molecule has 1 fully saturated rings. The Labute approximate surface area is 126 Å². The lowest BCUT2D eigenvalue weighted by molar-refractivity contribution is 0.287. The summed E-state index contributed by atoms with van der Waals surface area (Å²) in [7, 11) is -1.77. The van der Waals surface area contributed by atoms with Crippen LogP contribution in [0.25, 0.3) is 0 Å². The number of rotatable bonds is 5. The van der Waals surface area contributed by atoms with Crippen molar-refractivity contribution in [3.05, 3.63) is 24.3 Å². The van der Waals surface area contributed by atoms with Crippen LogP contribution in [0.15, 0.2) is 24.3 Å². The summed E-state index contributed by atoms with van der Waals surface area (Å²) in [6.07, 6.45) is 0. The number of nitrogens with zero attached hydrogens (tertiary/aromatic N) is 2. The molecule has 118 valence electrons. The van der Waals surface area contributed by atoms with Crippen LogP contribution in [0, 0.1) is 0 Å². The van der Waals surface area contributed by atoms with Crippen LogP contribution in [0.5, 0.6) is 5.75 Å². The molecule has 1 aromatic carbocycles. The first-order valence-electron chi connectivity index (χ1n) is 6.98. The molecule has 0 aromatic heterocycles. The Morgan fingerprint density at radius 3 is 2.52 bits per heavy atom. The highest BCUT2D eigenvalue weighted by molar-refractivity contribution is 7.89. The summed E-state index contributed by atoms with van der Waals surface area (Å²) in [4.78, 5) is 2.14. The zero-order chi connectivity index (χ0) is 15.5. The minimum atomic E-state index is -3.40. The van der Waals surface area contributed by atoms with Gasteiger partial charge < -0.3 is 14.7 Å². The largest absolute Gasteiger partial charge is 0.497 e. The number of ether oxygens (including phenoxy) is 1. The van der Waals surface area contributed by atoms with Crippen LogP contribution >= 0.6 is 0 Å². The highest BCUT2D eigenvalue weighted by Crippen LogP contribution is 2.23. The van der Waals surface area contributed by atoms with Crippen molar-refractivity contribution in [2.45, 2.75) is 12.2 Å². The number of hydrogen-bond acceptors (Lipinski definition) is 5. The molecule has 6 nitrogen and oxygen atoms in total. The van der Waals surface area contributed by atoms with E-state index in [0.29, 0.717) is 26.2 Å². The van der Waals surface area contributed by atoms with Gasteiger partial charge in [-0.3, -0.25) is 0 Å². The Kier molecular flexibility index (Phi) is 5.08. The fourth-order valence-electron chi connectivity index (χ4n) is 2.36. The first-order chi connectivity index (χ1) is 9.98. The fraction of sp³-hybridized carbons (Fsp3) is 0.571. The molecule has 1 aromatic rings. The molecule has 1 N–H and O–H groups in total. The van der Waals surface area contributed by atoms with E-state index >= 15 is 0 Å². The highest BCUT2D eigenvalue weighted by atomic mass is 32.2. The first-order valence-corrected chi connectivity index (χ1v) is 8.48. The predicted molar refractivity (Wildman–Crippen MR) is 82.2 cm³/mol. The minimum absolute atomic E-state index is 0.349. The Bertz CT molecular complexity index is 568.